The average Bonchev–Trinajstić information content (AvgIpc) is 3.00. The van der Waals surface area contributed by atoms with E-state index in [-0.39, 0.29) is 12.0 Å². The van der Waals surface area contributed by atoms with Gasteiger partial charge >= 0.3 is 0 Å². The van der Waals surface area contributed by atoms with Crippen LogP contribution in [0.5, 0.6) is 0 Å². The van der Waals surface area contributed by atoms with Gasteiger partial charge in [0.15, 0.2) is 0 Å². The molecule has 1 heterocycles. The highest BCUT2D eigenvalue weighted by Gasteiger charge is 2.16. The van der Waals surface area contributed by atoms with Gasteiger partial charge in [-0.3, -0.25) is 0 Å². The van der Waals surface area contributed by atoms with Crippen molar-refractivity contribution in [2.75, 3.05) is 13.2 Å². The van der Waals surface area contributed by atoms with Crippen LogP contribution in [0.4, 0.5) is 0 Å². The number of nitrogens with one attached hydrogen (secondary N) is 1. The van der Waals surface area contributed by atoms with Crippen LogP contribution in [0.1, 0.15) is 32.3 Å². The predicted molar refractivity (Wildman–Crippen MR) is 85.4 cm³/mol. The maximum Gasteiger partial charge on any atom is 0.0645 e. The molecule has 2 N–H and O–H groups in total. The van der Waals surface area contributed by atoms with Crippen molar-refractivity contribution in [3.63, 3.8) is 0 Å². The highest BCUT2D eigenvalue weighted by Crippen LogP contribution is 2.21. The number of hydrogen-bond donors (Lipinski definition) is 2. The molecule has 114 valence electrons. The van der Waals surface area contributed by atoms with Crippen LogP contribution in [0.2, 0.25) is 0 Å². The third-order valence-corrected chi connectivity index (χ3v) is 3.65. The number of rotatable bonds is 8. The van der Waals surface area contributed by atoms with Gasteiger partial charge in [0.05, 0.1) is 5.69 Å². The fourth-order valence-corrected chi connectivity index (χ4v) is 2.38. The van der Waals surface area contributed by atoms with Crippen LogP contribution in [0, 0.1) is 5.41 Å². The standard InChI is InChI=1S/C17H25N3O/c1-17(2,9-3-12-21)14-18-13-15-5-7-16(8-6-15)20-11-4-10-19-20/h4-8,10-11,18,21H,3,9,12-14H2,1-2H3. The third-order valence-electron chi connectivity index (χ3n) is 3.65. The second-order valence-electron chi connectivity index (χ2n) is 6.21. The van der Waals surface area contributed by atoms with E-state index in [1.54, 1.807) is 6.20 Å². The number of benzene rings is 1. The van der Waals surface area contributed by atoms with Crippen LogP contribution >= 0.6 is 0 Å². The monoisotopic (exact) mass is 287 g/mol. The molecule has 0 spiro atoms. The molecule has 0 bridgehead atoms. The van der Waals surface area contributed by atoms with Crippen molar-refractivity contribution in [3.8, 4) is 5.69 Å². The SMILES string of the molecule is CC(C)(CCCO)CNCc1ccc(-n2cccn2)cc1. The van der Waals surface area contributed by atoms with Gasteiger partial charge in [0.2, 0.25) is 0 Å². The lowest BCUT2D eigenvalue weighted by molar-refractivity contribution is 0.236. The lowest BCUT2D eigenvalue weighted by Gasteiger charge is -2.24. The Hall–Kier alpha value is -1.65. The van der Waals surface area contributed by atoms with E-state index in [0.717, 1.165) is 31.6 Å². The number of nitrogens with zero attached hydrogens (tertiary/aromatic N) is 2. The molecule has 0 aliphatic heterocycles. The van der Waals surface area contributed by atoms with E-state index >= 15 is 0 Å². The molecule has 1 aromatic heterocycles. The molecule has 0 aliphatic carbocycles. The summed E-state index contributed by atoms with van der Waals surface area (Å²) < 4.78 is 1.86. The fraction of sp³-hybridized carbons (Fsp3) is 0.471. The first kappa shape index (κ1) is 15.7. The molecule has 0 saturated heterocycles. The molecule has 21 heavy (non-hydrogen) atoms. The van der Waals surface area contributed by atoms with Gasteiger partial charge in [0, 0.05) is 32.1 Å². The summed E-state index contributed by atoms with van der Waals surface area (Å²) in [6.45, 7) is 6.56. The Morgan fingerprint density at radius 3 is 2.62 bits per heavy atom. The van der Waals surface area contributed by atoms with E-state index in [0.29, 0.717) is 0 Å². The van der Waals surface area contributed by atoms with Gasteiger partial charge < -0.3 is 10.4 Å². The van der Waals surface area contributed by atoms with Gasteiger partial charge in [-0.25, -0.2) is 4.68 Å². The lowest BCUT2D eigenvalue weighted by atomic mass is 9.88. The molecule has 4 heteroatoms. The van der Waals surface area contributed by atoms with Crippen LogP contribution in [-0.4, -0.2) is 28.0 Å². The van der Waals surface area contributed by atoms with Crippen molar-refractivity contribution in [2.45, 2.75) is 33.2 Å². The second-order valence-corrected chi connectivity index (χ2v) is 6.21. The molecule has 0 radical (unpaired) electrons. The molecular weight excluding hydrogens is 262 g/mol. The van der Waals surface area contributed by atoms with Gasteiger partial charge in [0.1, 0.15) is 0 Å². The molecular formula is C17H25N3O. The Kier molecular flexibility index (Phi) is 5.53. The first-order valence-electron chi connectivity index (χ1n) is 7.51. The Bertz CT molecular complexity index is 517. The molecule has 1 aromatic carbocycles. The third kappa shape index (κ3) is 4.99. The zero-order valence-corrected chi connectivity index (χ0v) is 12.9. The molecule has 2 aromatic rings. The molecule has 0 amide bonds. The Morgan fingerprint density at radius 2 is 2.00 bits per heavy atom. The van der Waals surface area contributed by atoms with Crippen molar-refractivity contribution in [1.82, 2.24) is 15.1 Å². The van der Waals surface area contributed by atoms with Gasteiger partial charge in [-0.15, -0.1) is 0 Å². The summed E-state index contributed by atoms with van der Waals surface area (Å²) in [4.78, 5) is 0. The maximum atomic E-state index is 8.91. The molecule has 4 nitrogen and oxygen atoms in total. The average molecular weight is 287 g/mol. The van der Waals surface area contributed by atoms with Crippen molar-refractivity contribution in [1.29, 1.82) is 0 Å². The van der Waals surface area contributed by atoms with Crippen molar-refractivity contribution in [2.24, 2.45) is 5.41 Å². The zero-order valence-electron chi connectivity index (χ0n) is 12.9. The highest BCUT2D eigenvalue weighted by atomic mass is 16.2. The summed E-state index contributed by atoms with van der Waals surface area (Å²) in [6.07, 6.45) is 5.63. The van der Waals surface area contributed by atoms with Crippen LogP contribution in [0.3, 0.4) is 0 Å². The largest absolute Gasteiger partial charge is 0.396 e. The highest BCUT2D eigenvalue weighted by molar-refractivity contribution is 5.33. The Labute approximate surface area is 126 Å². The predicted octanol–water partition coefficient (Wildman–Crippen LogP) is 2.76. The summed E-state index contributed by atoms with van der Waals surface area (Å²) in [6, 6.07) is 10.3. The van der Waals surface area contributed by atoms with Gasteiger partial charge in [-0.1, -0.05) is 26.0 Å². The smallest absolute Gasteiger partial charge is 0.0645 e. The summed E-state index contributed by atoms with van der Waals surface area (Å²) in [5.74, 6) is 0. The number of aliphatic hydroxyl groups excluding tert-OH is 1. The first-order chi connectivity index (χ1) is 10.1. The van der Waals surface area contributed by atoms with Gasteiger partial charge in [0.25, 0.3) is 0 Å². The van der Waals surface area contributed by atoms with Crippen LogP contribution in [0.15, 0.2) is 42.7 Å². The second kappa shape index (κ2) is 7.38. The van der Waals surface area contributed by atoms with Crippen LogP contribution < -0.4 is 5.32 Å². The molecule has 0 fully saturated rings. The molecule has 0 aliphatic rings. The van der Waals surface area contributed by atoms with Crippen molar-refractivity contribution >= 4 is 0 Å². The minimum Gasteiger partial charge on any atom is -0.396 e. The molecule has 0 saturated carbocycles. The van der Waals surface area contributed by atoms with E-state index in [1.165, 1.54) is 5.56 Å². The van der Waals surface area contributed by atoms with Crippen molar-refractivity contribution in [3.05, 3.63) is 48.3 Å². The quantitative estimate of drug-likeness (QED) is 0.785. The summed E-state index contributed by atoms with van der Waals surface area (Å²) in [7, 11) is 0. The van der Waals surface area contributed by atoms with Crippen molar-refractivity contribution < 1.29 is 5.11 Å². The minimum atomic E-state index is 0.220. The Morgan fingerprint density at radius 1 is 1.24 bits per heavy atom. The zero-order chi connectivity index (χ0) is 15.1. The summed E-state index contributed by atoms with van der Waals surface area (Å²) in [5, 5.41) is 16.6. The van der Waals surface area contributed by atoms with E-state index in [9.17, 15) is 0 Å². The topological polar surface area (TPSA) is 50.1 Å². The number of aromatic nitrogens is 2. The maximum absolute atomic E-state index is 8.91. The normalized spacial score (nSPS) is 11.8. The number of aliphatic hydroxyl groups is 1. The molecule has 2 rings (SSSR count). The summed E-state index contributed by atoms with van der Waals surface area (Å²) >= 11 is 0. The Balaban J connectivity index is 1.81. The van der Waals surface area contributed by atoms with E-state index in [4.69, 9.17) is 5.11 Å². The van der Waals surface area contributed by atoms with Gasteiger partial charge in [-0.2, -0.15) is 5.10 Å². The lowest BCUT2D eigenvalue weighted by Crippen LogP contribution is -2.29. The van der Waals surface area contributed by atoms with E-state index in [1.807, 2.05) is 16.9 Å². The fourth-order valence-electron chi connectivity index (χ4n) is 2.38. The molecule has 0 unspecified atom stereocenters. The van der Waals surface area contributed by atoms with E-state index < -0.39 is 0 Å². The van der Waals surface area contributed by atoms with Gasteiger partial charge in [-0.05, 0) is 42.0 Å². The molecule has 0 atom stereocenters. The van der Waals surface area contributed by atoms with Crippen LogP contribution in [-0.2, 0) is 6.54 Å². The van der Waals surface area contributed by atoms with E-state index in [2.05, 4.69) is 48.5 Å². The minimum absolute atomic E-state index is 0.220. The summed E-state index contributed by atoms with van der Waals surface area (Å²) in [5.41, 5.74) is 2.56. The number of hydrogen-bond acceptors (Lipinski definition) is 3. The van der Waals surface area contributed by atoms with Crippen LogP contribution in [0.25, 0.3) is 5.69 Å². The first-order valence-corrected chi connectivity index (χ1v) is 7.51.